The van der Waals surface area contributed by atoms with Crippen molar-refractivity contribution in [3.8, 4) is 17.6 Å². The number of hydrogen-bond donors (Lipinski definition) is 1. The fourth-order valence-electron chi connectivity index (χ4n) is 2.52. The molecule has 5 heteroatoms. The predicted molar refractivity (Wildman–Crippen MR) is 100 cm³/mol. The Morgan fingerprint density at radius 3 is 2.46 bits per heavy atom. The van der Waals surface area contributed by atoms with Crippen LogP contribution in [0.5, 0.6) is 11.5 Å². The highest BCUT2D eigenvalue weighted by molar-refractivity contribution is 5.78. The highest BCUT2D eigenvalue weighted by Gasteiger charge is 2.12. The first kappa shape index (κ1) is 19.3. The third-order valence-electron chi connectivity index (χ3n) is 4.00. The van der Waals surface area contributed by atoms with Gasteiger partial charge in [0.05, 0.1) is 24.3 Å². The predicted octanol–water partition coefficient (Wildman–Crippen LogP) is 3.78. The summed E-state index contributed by atoms with van der Waals surface area (Å²) in [6.07, 6.45) is 0.988. The van der Waals surface area contributed by atoms with Crippen LogP contribution in [0.25, 0.3) is 0 Å². The van der Waals surface area contributed by atoms with Crippen molar-refractivity contribution in [2.45, 2.75) is 33.2 Å². The van der Waals surface area contributed by atoms with E-state index in [2.05, 4.69) is 30.4 Å². The summed E-state index contributed by atoms with van der Waals surface area (Å²) in [6.45, 7) is 6.22. The number of rotatable bonds is 8. The SMILES string of the molecule is CCOc1cc(C#N)ccc1OCC(=O)N[C@@H](C)c1ccc(CC)cc1. The zero-order valence-electron chi connectivity index (χ0n) is 15.4. The maximum atomic E-state index is 12.2. The monoisotopic (exact) mass is 352 g/mol. The molecule has 0 saturated carbocycles. The molecule has 0 unspecified atom stereocenters. The van der Waals surface area contributed by atoms with Crippen molar-refractivity contribution in [3.63, 3.8) is 0 Å². The van der Waals surface area contributed by atoms with Crippen molar-refractivity contribution in [1.82, 2.24) is 5.32 Å². The molecule has 0 heterocycles. The minimum atomic E-state index is -0.219. The minimum absolute atomic E-state index is 0.107. The van der Waals surface area contributed by atoms with Gasteiger partial charge >= 0.3 is 0 Å². The van der Waals surface area contributed by atoms with E-state index in [1.807, 2.05) is 26.0 Å². The van der Waals surface area contributed by atoms with E-state index in [4.69, 9.17) is 14.7 Å². The summed E-state index contributed by atoms with van der Waals surface area (Å²) in [6, 6.07) is 15.0. The summed E-state index contributed by atoms with van der Waals surface area (Å²) in [5.74, 6) is 0.687. The summed E-state index contributed by atoms with van der Waals surface area (Å²) < 4.78 is 11.1. The molecule has 0 aromatic heterocycles. The number of carbonyl (C=O) groups excluding carboxylic acids is 1. The lowest BCUT2D eigenvalue weighted by Gasteiger charge is -2.16. The molecule has 0 aliphatic rings. The highest BCUT2D eigenvalue weighted by atomic mass is 16.5. The van der Waals surface area contributed by atoms with Crippen LogP contribution in [0.15, 0.2) is 42.5 Å². The quantitative estimate of drug-likeness (QED) is 0.785. The van der Waals surface area contributed by atoms with E-state index in [0.29, 0.717) is 23.7 Å². The molecule has 2 rings (SSSR count). The van der Waals surface area contributed by atoms with E-state index in [1.165, 1.54) is 5.56 Å². The normalized spacial score (nSPS) is 11.3. The molecule has 2 aromatic carbocycles. The molecule has 0 spiro atoms. The van der Waals surface area contributed by atoms with E-state index in [9.17, 15) is 4.79 Å². The molecule has 0 bridgehead atoms. The van der Waals surface area contributed by atoms with Crippen LogP contribution < -0.4 is 14.8 Å². The first-order valence-corrected chi connectivity index (χ1v) is 8.75. The van der Waals surface area contributed by atoms with E-state index in [0.717, 1.165) is 12.0 Å². The lowest BCUT2D eigenvalue weighted by molar-refractivity contribution is -0.123. The number of aryl methyl sites for hydroxylation is 1. The number of carbonyl (C=O) groups is 1. The third kappa shape index (κ3) is 5.25. The van der Waals surface area contributed by atoms with Crippen molar-refractivity contribution in [2.75, 3.05) is 13.2 Å². The molecule has 0 aliphatic carbocycles. The van der Waals surface area contributed by atoms with E-state index in [-0.39, 0.29) is 18.6 Å². The van der Waals surface area contributed by atoms with Crippen LogP contribution in [-0.4, -0.2) is 19.1 Å². The zero-order chi connectivity index (χ0) is 18.9. The van der Waals surface area contributed by atoms with Gasteiger partial charge in [0.25, 0.3) is 5.91 Å². The lowest BCUT2D eigenvalue weighted by atomic mass is 10.1. The number of ether oxygens (including phenoxy) is 2. The Labute approximate surface area is 154 Å². The van der Waals surface area contributed by atoms with Gasteiger partial charge in [-0.25, -0.2) is 0 Å². The second-order valence-corrected chi connectivity index (χ2v) is 5.88. The van der Waals surface area contributed by atoms with Crippen LogP contribution >= 0.6 is 0 Å². The Morgan fingerprint density at radius 1 is 1.12 bits per heavy atom. The van der Waals surface area contributed by atoms with Gasteiger partial charge in [-0.1, -0.05) is 31.2 Å². The fourth-order valence-corrected chi connectivity index (χ4v) is 2.52. The van der Waals surface area contributed by atoms with Crippen LogP contribution in [0.3, 0.4) is 0 Å². The second-order valence-electron chi connectivity index (χ2n) is 5.88. The number of hydrogen-bond acceptors (Lipinski definition) is 4. The Bertz CT molecular complexity index is 779. The van der Waals surface area contributed by atoms with Crippen molar-refractivity contribution in [2.24, 2.45) is 0 Å². The molecule has 2 aromatic rings. The van der Waals surface area contributed by atoms with Gasteiger partial charge in [0, 0.05) is 6.07 Å². The van der Waals surface area contributed by atoms with Crippen molar-refractivity contribution < 1.29 is 14.3 Å². The van der Waals surface area contributed by atoms with Crippen molar-refractivity contribution >= 4 is 5.91 Å². The Morgan fingerprint density at radius 2 is 1.85 bits per heavy atom. The molecule has 0 aliphatic heterocycles. The summed E-state index contributed by atoms with van der Waals surface area (Å²) in [5, 5.41) is 11.9. The average Bonchev–Trinajstić information content (AvgIpc) is 2.67. The third-order valence-corrected chi connectivity index (χ3v) is 4.00. The zero-order valence-corrected chi connectivity index (χ0v) is 15.4. The number of nitrogens with one attached hydrogen (secondary N) is 1. The van der Waals surface area contributed by atoms with E-state index >= 15 is 0 Å². The van der Waals surface area contributed by atoms with Gasteiger partial charge in [-0.3, -0.25) is 4.79 Å². The fraction of sp³-hybridized carbons (Fsp3) is 0.333. The van der Waals surface area contributed by atoms with Crippen LogP contribution in [-0.2, 0) is 11.2 Å². The average molecular weight is 352 g/mol. The molecule has 26 heavy (non-hydrogen) atoms. The maximum Gasteiger partial charge on any atom is 0.258 e. The topological polar surface area (TPSA) is 71.3 Å². The number of benzene rings is 2. The first-order chi connectivity index (χ1) is 12.6. The van der Waals surface area contributed by atoms with Gasteiger partial charge in [0.2, 0.25) is 0 Å². The molecule has 5 nitrogen and oxygen atoms in total. The number of amides is 1. The molecule has 0 saturated heterocycles. The molecule has 0 radical (unpaired) electrons. The molecule has 1 N–H and O–H groups in total. The molecular weight excluding hydrogens is 328 g/mol. The second kappa shape index (κ2) is 9.47. The molecule has 136 valence electrons. The molecule has 1 amide bonds. The first-order valence-electron chi connectivity index (χ1n) is 8.75. The summed E-state index contributed by atoms with van der Waals surface area (Å²) in [5.41, 5.74) is 2.79. The van der Waals surface area contributed by atoms with Gasteiger partial charge in [0.15, 0.2) is 18.1 Å². The van der Waals surface area contributed by atoms with Gasteiger partial charge in [0.1, 0.15) is 0 Å². The minimum Gasteiger partial charge on any atom is -0.490 e. The Kier molecular flexibility index (Phi) is 7.04. The number of nitriles is 1. The van der Waals surface area contributed by atoms with Crippen molar-refractivity contribution in [3.05, 3.63) is 59.2 Å². The Hall–Kier alpha value is -3.00. The molecule has 0 fully saturated rings. The summed E-state index contributed by atoms with van der Waals surface area (Å²) in [4.78, 5) is 12.2. The molecule has 1 atom stereocenters. The summed E-state index contributed by atoms with van der Waals surface area (Å²) >= 11 is 0. The standard InChI is InChI=1S/C21H24N2O3/c1-4-16-6-9-18(10-7-16)15(3)23-21(24)14-26-19-11-8-17(13-22)12-20(19)25-5-2/h6-12,15H,4-5,14H2,1-3H3,(H,23,24)/t15-/m0/s1. The van der Waals surface area contributed by atoms with Crippen LogP contribution in [0.2, 0.25) is 0 Å². The maximum absolute atomic E-state index is 12.2. The van der Waals surface area contributed by atoms with E-state index in [1.54, 1.807) is 18.2 Å². The Balaban J connectivity index is 1.94. The van der Waals surface area contributed by atoms with E-state index < -0.39 is 0 Å². The van der Waals surface area contributed by atoms with Crippen LogP contribution in [0, 0.1) is 11.3 Å². The highest BCUT2D eigenvalue weighted by Crippen LogP contribution is 2.28. The number of nitrogens with zero attached hydrogens (tertiary/aromatic N) is 1. The molecular formula is C21H24N2O3. The van der Waals surface area contributed by atoms with Crippen molar-refractivity contribution in [1.29, 1.82) is 5.26 Å². The van der Waals surface area contributed by atoms with Crippen LogP contribution in [0.1, 0.15) is 43.5 Å². The smallest absolute Gasteiger partial charge is 0.258 e. The van der Waals surface area contributed by atoms with Crippen LogP contribution in [0.4, 0.5) is 0 Å². The van der Waals surface area contributed by atoms with Gasteiger partial charge in [-0.15, -0.1) is 0 Å². The largest absolute Gasteiger partial charge is 0.490 e. The van der Waals surface area contributed by atoms with Gasteiger partial charge in [-0.05, 0) is 43.5 Å². The summed E-state index contributed by atoms with van der Waals surface area (Å²) in [7, 11) is 0. The van der Waals surface area contributed by atoms with Gasteiger partial charge < -0.3 is 14.8 Å². The lowest BCUT2D eigenvalue weighted by Crippen LogP contribution is -2.31. The van der Waals surface area contributed by atoms with Gasteiger partial charge in [-0.2, -0.15) is 5.26 Å².